The van der Waals surface area contributed by atoms with Gasteiger partial charge in [0.25, 0.3) is 0 Å². The molecule has 0 atom stereocenters. The van der Waals surface area contributed by atoms with Crippen LogP contribution >= 0.6 is 0 Å². The number of halogens is 1. The van der Waals surface area contributed by atoms with Crippen molar-refractivity contribution in [2.45, 2.75) is 40.3 Å². The summed E-state index contributed by atoms with van der Waals surface area (Å²) in [7, 11) is 2.17. The molecule has 7 heteroatoms. The van der Waals surface area contributed by atoms with Crippen molar-refractivity contribution in [3.8, 4) is 5.69 Å². The van der Waals surface area contributed by atoms with E-state index in [4.69, 9.17) is 5.10 Å². The molecule has 0 amide bonds. The third-order valence-corrected chi connectivity index (χ3v) is 6.55. The lowest BCUT2D eigenvalue weighted by Crippen LogP contribution is -2.45. The predicted octanol–water partition coefficient (Wildman–Crippen LogP) is 4.51. The van der Waals surface area contributed by atoms with Crippen molar-refractivity contribution in [3.63, 3.8) is 0 Å². The molecule has 0 N–H and O–H groups in total. The first kappa shape index (κ1) is 24.4. The second-order valence-electron chi connectivity index (χ2n) is 9.78. The van der Waals surface area contributed by atoms with Crippen LogP contribution < -0.4 is 4.90 Å². The number of aryl methyl sites for hydroxylation is 1. The minimum absolute atomic E-state index is 0.232. The normalized spacial score (nSPS) is 15.0. The Morgan fingerprint density at radius 1 is 1.00 bits per heavy atom. The Morgan fingerprint density at radius 3 is 2.38 bits per heavy atom. The molecule has 0 spiro atoms. The monoisotopic (exact) mass is 464 g/mol. The summed E-state index contributed by atoms with van der Waals surface area (Å²) in [4.78, 5) is 11.9. The zero-order valence-corrected chi connectivity index (χ0v) is 20.9. The van der Waals surface area contributed by atoms with Gasteiger partial charge in [0.1, 0.15) is 11.6 Å². The molecule has 0 bridgehead atoms. The van der Waals surface area contributed by atoms with Crippen LogP contribution in [0.3, 0.4) is 0 Å². The number of hydrogen-bond acceptors (Lipinski definition) is 5. The molecule has 182 valence electrons. The van der Waals surface area contributed by atoms with E-state index < -0.39 is 0 Å². The lowest BCUT2D eigenvalue weighted by molar-refractivity contribution is 0.238. The van der Waals surface area contributed by atoms with Gasteiger partial charge in [-0.05, 0) is 69.3 Å². The van der Waals surface area contributed by atoms with Crippen molar-refractivity contribution >= 4 is 5.82 Å². The number of benzene rings is 1. The van der Waals surface area contributed by atoms with Gasteiger partial charge in [-0.25, -0.2) is 9.07 Å². The van der Waals surface area contributed by atoms with E-state index in [1.54, 1.807) is 0 Å². The van der Waals surface area contributed by atoms with E-state index in [2.05, 4.69) is 59.6 Å². The summed E-state index contributed by atoms with van der Waals surface area (Å²) >= 11 is 0. The van der Waals surface area contributed by atoms with Gasteiger partial charge in [-0.2, -0.15) is 5.10 Å². The highest BCUT2D eigenvalue weighted by Crippen LogP contribution is 2.30. The third-order valence-electron chi connectivity index (χ3n) is 6.55. The maximum atomic E-state index is 13.7. The number of aromatic nitrogens is 3. The maximum Gasteiger partial charge on any atom is 0.137 e. The molecule has 2 aromatic heterocycles. The minimum atomic E-state index is -0.232. The lowest BCUT2D eigenvalue weighted by atomic mass is 10.1. The fourth-order valence-corrected chi connectivity index (χ4v) is 4.44. The summed E-state index contributed by atoms with van der Waals surface area (Å²) in [6.45, 7) is 13.2. The zero-order chi connectivity index (χ0) is 24.1. The quantitative estimate of drug-likeness (QED) is 0.466. The molecule has 0 unspecified atom stereocenters. The molecule has 1 aliphatic rings. The second-order valence-corrected chi connectivity index (χ2v) is 9.78. The van der Waals surface area contributed by atoms with Crippen LogP contribution in [0, 0.1) is 18.7 Å². The molecule has 1 aromatic carbocycles. The average molecular weight is 465 g/mol. The molecular formula is C27H37FN6. The largest absolute Gasteiger partial charge is 0.354 e. The van der Waals surface area contributed by atoms with Gasteiger partial charge in [-0.15, -0.1) is 0 Å². The molecule has 34 heavy (non-hydrogen) atoms. The molecule has 0 aliphatic carbocycles. The highest BCUT2D eigenvalue weighted by atomic mass is 19.1. The molecule has 1 fully saturated rings. The van der Waals surface area contributed by atoms with E-state index in [0.29, 0.717) is 5.92 Å². The third kappa shape index (κ3) is 6.02. The van der Waals surface area contributed by atoms with Gasteiger partial charge in [0.2, 0.25) is 0 Å². The van der Waals surface area contributed by atoms with Gasteiger partial charge in [0.15, 0.2) is 0 Å². The summed E-state index contributed by atoms with van der Waals surface area (Å²) in [6.07, 6.45) is 2.99. The maximum absolute atomic E-state index is 13.7. The Labute approximate surface area is 203 Å². The van der Waals surface area contributed by atoms with Crippen LogP contribution in [0.2, 0.25) is 0 Å². The number of nitrogens with zero attached hydrogens (tertiary/aromatic N) is 6. The Bertz CT molecular complexity index is 1040. The first-order valence-electron chi connectivity index (χ1n) is 12.3. The van der Waals surface area contributed by atoms with Crippen LogP contribution in [0.4, 0.5) is 10.2 Å². The highest BCUT2D eigenvalue weighted by Gasteiger charge is 2.26. The first-order chi connectivity index (χ1) is 16.4. The molecule has 3 aromatic rings. The van der Waals surface area contributed by atoms with Crippen LogP contribution in [0.1, 0.15) is 37.2 Å². The van der Waals surface area contributed by atoms with Gasteiger partial charge >= 0.3 is 0 Å². The van der Waals surface area contributed by atoms with Crippen LogP contribution in [-0.2, 0) is 13.1 Å². The Hall–Kier alpha value is -2.77. The van der Waals surface area contributed by atoms with E-state index in [-0.39, 0.29) is 5.82 Å². The fraction of sp³-hybridized carbons (Fsp3) is 0.481. The standard InChI is InChI=1S/C27H37FN6/c1-21(2)12-14-32(19-24-7-5-6-13-29-24)20-26-22(3)30-34(25-10-8-23(28)9-11-25)27(26)33-17-15-31(4)16-18-33/h5-11,13,21H,12,14-20H2,1-4H3. The van der Waals surface area contributed by atoms with Crippen LogP contribution in [0.25, 0.3) is 5.69 Å². The van der Waals surface area contributed by atoms with Gasteiger partial charge in [0.05, 0.1) is 17.1 Å². The number of rotatable bonds is 9. The lowest BCUT2D eigenvalue weighted by Gasteiger charge is -2.35. The zero-order valence-electron chi connectivity index (χ0n) is 20.9. The summed E-state index contributed by atoms with van der Waals surface area (Å²) in [5, 5.41) is 4.96. The van der Waals surface area contributed by atoms with Crippen molar-refractivity contribution in [1.29, 1.82) is 0 Å². The van der Waals surface area contributed by atoms with E-state index in [0.717, 1.165) is 75.1 Å². The first-order valence-corrected chi connectivity index (χ1v) is 12.3. The molecule has 0 radical (unpaired) electrons. The van der Waals surface area contributed by atoms with Crippen LogP contribution in [0.15, 0.2) is 48.7 Å². The molecule has 1 saturated heterocycles. The highest BCUT2D eigenvalue weighted by molar-refractivity contribution is 5.55. The topological polar surface area (TPSA) is 40.4 Å². The van der Waals surface area contributed by atoms with Gasteiger partial charge in [0, 0.05) is 51.0 Å². The molecule has 3 heterocycles. The minimum Gasteiger partial charge on any atom is -0.354 e. The van der Waals surface area contributed by atoms with Gasteiger partial charge in [-0.3, -0.25) is 9.88 Å². The molecule has 4 rings (SSSR count). The van der Waals surface area contributed by atoms with Crippen molar-refractivity contribution in [3.05, 3.63) is 71.4 Å². The number of piperazine rings is 1. The van der Waals surface area contributed by atoms with E-state index in [1.165, 1.54) is 17.7 Å². The van der Waals surface area contributed by atoms with E-state index in [1.807, 2.05) is 29.1 Å². The summed E-state index contributed by atoms with van der Waals surface area (Å²) in [5.41, 5.74) is 4.24. The number of likely N-dealkylation sites (N-methyl/N-ethyl adjacent to an activating group) is 1. The van der Waals surface area contributed by atoms with E-state index >= 15 is 0 Å². The summed E-state index contributed by atoms with van der Waals surface area (Å²) < 4.78 is 15.7. The molecule has 0 saturated carbocycles. The molecule has 6 nitrogen and oxygen atoms in total. The van der Waals surface area contributed by atoms with Gasteiger partial charge < -0.3 is 9.80 Å². The van der Waals surface area contributed by atoms with Crippen LogP contribution in [0.5, 0.6) is 0 Å². The van der Waals surface area contributed by atoms with Crippen molar-refractivity contribution in [2.24, 2.45) is 5.92 Å². The summed E-state index contributed by atoms with van der Waals surface area (Å²) in [5.74, 6) is 1.53. The van der Waals surface area contributed by atoms with E-state index in [9.17, 15) is 4.39 Å². The molecule has 1 aliphatic heterocycles. The molecular weight excluding hydrogens is 427 g/mol. The van der Waals surface area contributed by atoms with Crippen molar-refractivity contribution in [1.82, 2.24) is 24.6 Å². The Morgan fingerprint density at radius 2 is 1.74 bits per heavy atom. The average Bonchev–Trinajstić information content (AvgIpc) is 3.15. The fourth-order valence-electron chi connectivity index (χ4n) is 4.44. The van der Waals surface area contributed by atoms with Crippen molar-refractivity contribution in [2.75, 3.05) is 44.7 Å². The van der Waals surface area contributed by atoms with Crippen molar-refractivity contribution < 1.29 is 4.39 Å². The smallest absolute Gasteiger partial charge is 0.137 e. The second kappa shape index (κ2) is 11.1. The van der Waals surface area contributed by atoms with Crippen LogP contribution in [-0.4, -0.2) is 64.3 Å². The number of anilines is 1. The Kier molecular flexibility index (Phi) is 7.95. The van der Waals surface area contributed by atoms with Gasteiger partial charge in [-0.1, -0.05) is 19.9 Å². The predicted molar refractivity (Wildman–Crippen MR) is 136 cm³/mol. The number of hydrogen-bond donors (Lipinski definition) is 0. The summed E-state index contributed by atoms with van der Waals surface area (Å²) in [6, 6.07) is 12.8. The number of pyridine rings is 1. The SMILES string of the molecule is Cc1nn(-c2ccc(F)cc2)c(N2CCN(C)CC2)c1CN(CCC(C)C)Cc1ccccn1. The Balaban J connectivity index is 1.70.